The summed E-state index contributed by atoms with van der Waals surface area (Å²) in [5, 5.41) is 16.8. The van der Waals surface area contributed by atoms with E-state index in [1.54, 1.807) is 0 Å². The Morgan fingerprint density at radius 1 is 1.06 bits per heavy atom. The van der Waals surface area contributed by atoms with Gasteiger partial charge in [0.2, 0.25) is 0 Å². The van der Waals surface area contributed by atoms with Gasteiger partial charge in [-0.3, -0.25) is 9.59 Å². The third-order valence-electron chi connectivity index (χ3n) is 3.35. The maximum Gasteiger partial charge on any atom is 0.306 e. The molecule has 1 saturated carbocycles. The molecule has 0 unspecified atom stereocenters. The fourth-order valence-electron chi connectivity index (χ4n) is 2.26. The molecule has 0 spiro atoms. The molecule has 1 rings (SSSR count). The second-order valence-corrected chi connectivity index (χ2v) is 7.08. The Labute approximate surface area is 106 Å². The van der Waals surface area contributed by atoms with Gasteiger partial charge < -0.3 is 10.2 Å². The summed E-state index contributed by atoms with van der Waals surface area (Å²) >= 11 is 0. The Morgan fingerprint density at radius 3 is 2.06 bits per heavy atom. The predicted molar refractivity (Wildman–Crippen MR) is 64.0 cm³/mol. The summed E-state index contributed by atoms with van der Waals surface area (Å²) in [6.45, 7) is 0. The molecule has 18 heavy (non-hydrogen) atoms. The number of aliphatic carboxylic acids is 2. The van der Waals surface area contributed by atoms with Gasteiger partial charge in [-0.2, -0.15) is 0 Å². The minimum Gasteiger partial charge on any atom is -0.481 e. The van der Waals surface area contributed by atoms with Gasteiger partial charge in [-0.15, -0.1) is 0 Å². The van der Waals surface area contributed by atoms with E-state index < -0.39 is 32.9 Å². The maximum atomic E-state index is 11.9. The third kappa shape index (κ3) is 4.29. The number of sulfone groups is 1. The largest absolute Gasteiger partial charge is 0.481 e. The van der Waals surface area contributed by atoms with Crippen LogP contribution in [0.25, 0.3) is 0 Å². The van der Waals surface area contributed by atoms with Gasteiger partial charge in [-0.05, 0) is 32.1 Å². The zero-order valence-corrected chi connectivity index (χ0v) is 10.9. The van der Waals surface area contributed by atoms with Crippen molar-refractivity contribution in [3.63, 3.8) is 0 Å². The Bertz CT molecular complexity index is 405. The molecule has 1 aliphatic rings. The fraction of sp³-hybridized carbons (Fsp3) is 0.818. The Hall–Kier alpha value is -1.11. The number of carboxylic acid groups (broad SMARTS) is 2. The van der Waals surface area contributed by atoms with Crippen LogP contribution >= 0.6 is 0 Å². The molecule has 0 amide bonds. The van der Waals surface area contributed by atoms with Crippen molar-refractivity contribution in [3.05, 3.63) is 0 Å². The van der Waals surface area contributed by atoms with Crippen molar-refractivity contribution in [1.82, 2.24) is 0 Å². The van der Waals surface area contributed by atoms with Crippen molar-refractivity contribution in [3.8, 4) is 0 Å². The van der Waals surface area contributed by atoms with Gasteiger partial charge in [0.1, 0.15) is 0 Å². The highest BCUT2D eigenvalue weighted by atomic mass is 32.2. The number of carbonyl (C=O) groups is 2. The molecular formula is C11H18O6S. The maximum absolute atomic E-state index is 11.9. The van der Waals surface area contributed by atoms with Crippen LogP contribution < -0.4 is 0 Å². The smallest absolute Gasteiger partial charge is 0.306 e. The molecule has 0 saturated heterocycles. The average molecular weight is 278 g/mol. The monoisotopic (exact) mass is 278 g/mol. The second kappa shape index (κ2) is 6.17. The minimum atomic E-state index is -3.28. The molecular weight excluding hydrogens is 260 g/mol. The lowest BCUT2D eigenvalue weighted by Crippen LogP contribution is -2.31. The molecule has 2 N–H and O–H groups in total. The van der Waals surface area contributed by atoms with Crippen LogP contribution in [0, 0.1) is 5.92 Å². The third-order valence-corrected chi connectivity index (χ3v) is 5.70. The van der Waals surface area contributed by atoms with Crippen LogP contribution in [-0.2, 0) is 19.4 Å². The van der Waals surface area contributed by atoms with E-state index in [-0.39, 0.29) is 18.6 Å². The van der Waals surface area contributed by atoms with E-state index in [0.717, 1.165) is 0 Å². The highest BCUT2D eigenvalue weighted by Gasteiger charge is 2.32. The van der Waals surface area contributed by atoms with Crippen LogP contribution in [0.3, 0.4) is 0 Å². The number of hydrogen-bond donors (Lipinski definition) is 2. The molecule has 104 valence electrons. The molecule has 0 aliphatic heterocycles. The summed E-state index contributed by atoms with van der Waals surface area (Å²) in [6, 6.07) is 0. The number of rotatable bonds is 6. The summed E-state index contributed by atoms with van der Waals surface area (Å²) < 4.78 is 23.8. The van der Waals surface area contributed by atoms with Crippen LogP contribution in [-0.4, -0.2) is 41.6 Å². The van der Waals surface area contributed by atoms with E-state index in [4.69, 9.17) is 10.2 Å². The van der Waals surface area contributed by atoms with Crippen LogP contribution in [0.5, 0.6) is 0 Å². The summed E-state index contributed by atoms with van der Waals surface area (Å²) in [4.78, 5) is 21.1. The van der Waals surface area contributed by atoms with Crippen molar-refractivity contribution in [2.45, 2.75) is 43.8 Å². The first-order valence-corrected chi connectivity index (χ1v) is 7.70. The molecule has 0 aromatic carbocycles. The molecule has 0 atom stereocenters. The van der Waals surface area contributed by atoms with Crippen molar-refractivity contribution in [2.24, 2.45) is 5.92 Å². The average Bonchev–Trinajstić information content (AvgIpc) is 2.28. The molecule has 0 radical (unpaired) electrons. The molecule has 0 aromatic rings. The first-order chi connectivity index (χ1) is 8.33. The standard InChI is InChI=1S/C11H18O6S/c12-10(13)2-1-7-18(16,17)9-5-3-8(4-6-9)11(14)15/h8-9H,1-7H2,(H,12,13)(H,14,15). The van der Waals surface area contributed by atoms with Gasteiger partial charge in [0.15, 0.2) is 9.84 Å². The SMILES string of the molecule is O=C(O)CCCS(=O)(=O)C1CCC(C(=O)O)CC1. The predicted octanol–water partition coefficient (Wildman–Crippen LogP) is 0.909. The Balaban J connectivity index is 2.45. The first-order valence-electron chi connectivity index (χ1n) is 5.99. The summed E-state index contributed by atoms with van der Waals surface area (Å²) in [6.07, 6.45) is 1.48. The van der Waals surface area contributed by atoms with Gasteiger partial charge in [0, 0.05) is 6.42 Å². The van der Waals surface area contributed by atoms with Crippen LogP contribution in [0.15, 0.2) is 0 Å². The highest BCUT2D eigenvalue weighted by Crippen LogP contribution is 2.29. The van der Waals surface area contributed by atoms with Crippen molar-refractivity contribution in [1.29, 1.82) is 0 Å². The fourth-order valence-corrected chi connectivity index (χ4v) is 4.13. The second-order valence-electron chi connectivity index (χ2n) is 4.68. The highest BCUT2D eigenvalue weighted by molar-refractivity contribution is 7.92. The van der Waals surface area contributed by atoms with Crippen molar-refractivity contribution >= 4 is 21.8 Å². The Kier molecular flexibility index (Phi) is 5.13. The summed E-state index contributed by atoms with van der Waals surface area (Å²) in [7, 11) is -3.28. The van der Waals surface area contributed by atoms with Crippen LogP contribution in [0.2, 0.25) is 0 Å². The zero-order valence-electron chi connectivity index (χ0n) is 10.0. The van der Waals surface area contributed by atoms with E-state index >= 15 is 0 Å². The topological polar surface area (TPSA) is 109 Å². The molecule has 0 aromatic heterocycles. The quantitative estimate of drug-likeness (QED) is 0.747. The van der Waals surface area contributed by atoms with Crippen molar-refractivity contribution in [2.75, 3.05) is 5.75 Å². The van der Waals surface area contributed by atoms with Gasteiger partial charge >= 0.3 is 11.9 Å². The molecule has 0 heterocycles. The molecule has 7 heteroatoms. The van der Waals surface area contributed by atoms with Gasteiger partial charge in [0.25, 0.3) is 0 Å². The van der Waals surface area contributed by atoms with Gasteiger partial charge in [-0.1, -0.05) is 0 Å². The van der Waals surface area contributed by atoms with Crippen molar-refractivity contribution < 1.29 is 28.2 Å². The zero-order chi connectivity index (χ0) is 13.8. The molecule has 0 bridgehead atoms. The summed E-state index contributed by atoms with van der Waals surface area (Å²) in [5.41, 5.74) is 0. The van der Waals surface area contributed by atoms with Crippen LogP contribution in [0.4, 0.5) is 0 Å². The lowest BCUT2D eigenvalue weighted by molar-refractivity contribution is -0.142. The molecule has 6 nitrogen and oxygen atoms in total. The lowest BCUT2D eigenvalue weighted by Gasteiger charge is -2.25. The van der Waals surface area contributed by atoms with E-state index in [0.29, 0.717) is 25.7 Å². The molecule has 1 aliphatic carbocycles. The van der Waals surface area contributed by atoms with E-state index in [2.05, 4.69) is 0 Å². The van der Waals surface area contributed by atoms with E-state index in [1.165, 1.54) is 0 Å². The normalized spacial score (nSPS) is 24.7. The number of carboxylic acids is 2. The van der Waals surface area contributed by atoms with E-state index in [1.807, 2.05) is 0 Å². The van der Waals surface area contributed by atoms with Crippen LogP contribution in [0.1, 0.15) is 38.5 Å². The van der Waals surface area contributed by atoms with E-state index in [9.17, 15) is 18.0 Å². The van der Waals surface area contributed by atoms with Gasteiger partial charge in [0.05, 0.1) is 16.9 Å². The van der Waals surface area contributed by atoms with Gasteiger partial charge in [-0.25, -0.2) is 8.42 Å². The number of hydrogen-bond acceptors (Lipinski definition) is 4. The molecule has 1 fully saturated rings. The summed E-state index contributed by atoms with van der Waals surface area (Å²) in [5.74, 6) is -2.42. The first kappa shape index (κ1) is 14.9. The lowest BCUT2D eigenvalue weighted by atomic mass is 9.89. The Morgan fingerprint density at radius 2 is 1.61 bits per heavy atom. The minimum absolute atomic E-state index is 0.122.